The second-order valence-electron chi connectivity index (χ2n) is 3.93. The molecule has 2 N–H and O–H groups in total. The molecule has 90 valence electrons. The van der Waals surface area contributed by atoms with Crippen molar-refractivity contribution in [2.24, 2.45) is 0 Å². The zero-order chi connectivity index (χ0) is 11.6. The van der Waals surface area contributed by atoms with Crippen LogP contribution in [0.2, 0.25) is 0 Å². The summed E-state index contributed by atoms with van der Waals surface area (Å²) >= 11 is 1.28. The molecule has 0 unspecified atom stereocenters. The van der Waals surface area contributed by atoms with E-state index < -0.39 is 10.0 Å². The molecule has 1 aromatic heterocycles. The van der Waals surface area contributed by atoms with Gasteiger partial charge in [-0.2, -0.15) is 0 Å². The van der Waals surface area contributed by atoms with Gasteiger partial charge in [0.05, 0.1) is 0 Å². The van der Waals surface area contributed by atoms with Crippen LogP contribution in [-0.2, 0) is 16.6 Å². The third-order valence-corrected chi connectivity index (χ3v) is 5.44. The lowest BCUT2D eigenvalue weighted by atomic mass is 10.3. The molecule has 0 aromatic carbocycles. The van der Waals surface area contributed by atoms with Gasteiger partial charge in [0.15, 0.2) is 0 Å². The topological polar surface area (TPSA) is 58.2 Å². The quantitative estimate of drug-likeness (QED) is 0.810. The van der Waals surface area contributed by atoms with Crippen molar-refractivity contribution in [1.82, 2.24) is 10.0 Å². The molecule has 1 fully saturated rings. The summed E-state index contributed by atoms with van der Waals surface area (Å²) in [6.45, 7) is 2.97. The number of hydrogen-bond acceptors (Lipinski definition) is 4. The second kappa shape index (κ2) is 4.83. The van der Waals surface area contributed by atoms with E-state index in [0.29, 0.717) is 16.8 Å². The van der Waals surface area contributed by atoms with Crippen LogP contribution in [0, 0.1) is 0 Å². The molecular weight excluding hydrogens is 244 g/mol. The van der Waals surface area contributed by atoms with E-state index in [1.165, 1.54) is 24.2 Å². The maximum Gasteiger partial charge on any atom is 0.250 e. The smallest absolute Gasteiger partial charge is 0.250 e. The van der Waals surface area contributed by atoms with Gasteiger partial charge in [-0.25, -0.2) is 13.1 Å². The summed E-state index contributed by atoms with van der Waals surface area (Å²) in [6.07, 6.45) is 2.49. The summed E-state index contributed by atoms with van der Waals surface area (Å²) < 4.78 is 26.2. The minimum Gasteiger partial charge on any atom is -0.310 e. The summed E-state index contributed by atoms with van der Waals surface area (Å²) in [4.78, 5) is 0. The van der Waals surface area contributed by atoms with Crippen LogP contribution in [-0.4, -0.2) is 21.0 Å². The molecular formula is C10H16N2O2S2. The van der Waals surface area contributed by atoms with Gasteiger partial charge in [-0.05, 0) is 29.9 Å². The normalized spacial score (nSPS) is 16.6. The third kappa shape index (κ3) is 3.04. The van der Waals surface area contributed by atoms with Crippen molar-refractivity contribution in [2.45, 2.75) is 36.6 Å². The Labute approximate surface area is 100 Å². The molecule has 0 aliphatic heterocycles. The molecule has 0 radical (unpaired) electrons. The lowest BCUT2D eigenvalue weighted by Gasteiger charge is -2.00. The molecule has 1 aromatic rings. The Morgan fingerprint density at radius 2 is 2.25 bits per heavy atom. The van der Waals surface area contributed by atoms with Gasteiger partial charge in [0.1, 0.15) is 4.21 Å². The first-order valence-electron chi connectivity index (χ1n) is 5.42. The Morgan fingerprint density at radius 1 is 1.50 bits per heavy atom. The van der Waals surface area contributed by atoms with Gasteiger partial charge in [0.25, 0.3) is 0 Å². The molecule has 6 heteroatoms. The van der Waals surface area contributed by atoms with E-state index in [9.17, 15) is 8.42 Å². The first-order valence-corrected chi connectivity index (χ1v) is 7.78. The fourth-order valence-corrected chi connectivity index (χ4v) is 3.69. The summed E-state index contributed by atoms with van der Waals surface area (Å²) in [5.74, 6) is 0. The van der Waals surface area contributed by atoms with Gasteiger partial charge in [0, 0.05) is 19.1 Å². The van der Waals surface area contributed by atoms with E-state index in [-0.39, 0.29) is 0 Å². The van der Waals surface area contributed by atoms with Crippen molar-refractivity contribution < 1.29 is 8.42 Å². The standard InChI is InChI=1S/C10H16N2O2S2/c1-2-12-16(13,14)10-5-8(7-15-10)6-11-9-3-4-9/h5,7,9,11-12H,2-4,6H2,1H3. The van der Waals surface area contributed by atoms with E-state index >= 15 is 0 Å². The van der Waals surface area contributed by atoms with Crippen LogP contribution in [0.1, 0.15) is 25.3 Å². The van der Waals surface area contributed by atoms with Gasteiger partial charge < -0.3 is 5.32 Å². The zero-order valence-electron chi connectivity index (χ0n) is 9.19. The molecule has 1 aliphatic rings. The summed E-state index contributed by atoms with van der Waals surface area (Å²) in [7, 11) is -3.27. The van der Waals surface area contributed by atoms with Crippen LogP contribution in [0.5, 0.6) is 0 Å². The summed E-state index contributed by atoms with van der Waals surface area (Å²) in [6, 6.07) is 2.40. The lowest BCUT2D eigenvalue weighted by Crippen LogP contribution is -2.22. The SMILES string of the molecule is CCNS(=O)(=O)c1cc(CNC2CC2)cs1. The first kappa shape index (κ1) is 12.0. The molecule has 2 rings (SSSR count). The van der Waals surface area contributed by atoms with E-state index in [0.717, 1.165) is 12.1 Å². The molecule has 0 saturated heterocycles. The predicted octanol–water partition coefficient (Wildman–Crippen LogP) is 1.30. The minimum absolute atomic E-state index is 0.405. The van der Waals surface area contributed by atoms with Crippen LogP contribution >= 0.6 is 11.3 Å². The highest BCUT2D eigenvalue weighted by Gasteiger charge is 2.21. The van der Waals surface area contributed by atoms with Crippen molar-refractivity contribution in [3.05, 3.63) is 17.0 Å². The molecule has 1 aliphatic carbocycles. The highest BCUT2D eigenvalue weighted by Crippen LogP contribution is 2.22. The molecule has 1 heterocycles. The monoisotopic (exact) mass is 260 g/mol. The average Bonchev–Trinajstić information content (AvgIpc) is 2.92. The van der Waals surface area contributed by atoms with Crippen LogP contribution in [0.15, 0.2) is 15.7 Å². The van der Waals surface area contributed by atoms with Crippen LogP contribution in [0.25, 0.3) is 0 Å². The van der Waals surface area contributed by atoms with Crippen LogP contribution in [0.4, 0.5) is 0 Å². The summed E-state index contributed by atoms with van der Waals surface area (Å²) in [5, 5.41) is 5.26. The van der Waals surface area contributed by atoms with Crippen molar-refractivity contribution in [1.29, 1.82) is 0 Å². The van der Waals surface area contributed by atoms with Crippen molar-refractivity contribution >= 4 is 21.4 Å². The maximum atomic E-state index is 11.7. The molecule has 0 amide bonds. The van der Waals surface area contributed by atoms with Crippen molar-refractivity contribution in [2.75, 3.05) is 6.54 Å². The van der Waals surface area contributed by atoms with E-state index in [1.54, 1.807) is 13.0 Å². The van der Waals surface area contributed by atoms with E-state index in [1.807, 2.05) is 5.38 Å². The Hall–Kier alpha value is -0.430. The molecule has 0 atom stereocenters. The number of hydrogen-bond donors (Lipinski definition) is 2. The van der Waals surface area contributed by atoms with Gasteiger partial charge in [-0.15, -0.1) is 11.3 Å². The highest BCUT2D eigenvalue weighted by atomic mass is 32.2. The first-order chi connectivity index (χ1) is 7.62. The van der Waals surface area contributed by atoms with Gasteiger partial charge in [-0.3, -0.25) is 0 Å². The minimum atomic E-state index is -3.27. The Kier molecular flexibility index (Phi) is 3.63. The third-order valence-electron chi connectivity index (χ3n) is 2.40. The van der Waals surface area contributed by atoms with Crippen LogP contribution in [0.3, 0.4) is 0 Å². The molecule has 16 heavy (non-hydrogen) atoms. The largest absolute Gasteiger partial charge is 0.310 e. The van der Waals surface area contributed by atoms with Crippen molar-refractivity contribution in [3.63, 3.8) is 0 Å². The Balaban J connectivity index is 2.00. The van der Waals surface area contributed by atoms with Gasteiger partial charge >= 0.3 is 0 Å². The fraction of sp³-hybridized carbons (Fsp3) is 0.600. The highest BCUT2D eigenvalue weighted by molar-refractivity contribution is 7.91. The van der Waals surface area contributed by atoms with E-state index in [2.05, 4.69) is 10.0 Å². The van der Waals surface area contributed by atoms with Gasteiger partial charge in [0.2, 0.25) is 10.0 Å². The Bertz CT molecular complexity index is 449. The number of nitrogens with one attached hydrogen (secondary N) is 2. The average molecular weight is 260 g/mol. The van der Waals surface area contributed by atoms with Crippen molar-refractivity contribution in [3.8, 4) is 0 Å². The predicted molar refractivity (Wildman–Crippen MR) is 65.0 cm³/mol. The number of sulfonamides is 1. The maximum absolute atomic E-state index is 11.7. The molecule has 0 bridgehead atoms. The van der Waals surface area contributed by atoms with E-state index in [4.69, 9.17) is 0 Å². The van der Waals surface area contributed by atoms with Gasteiger partial charge in [-0.1, -0.05) is 6.92 Å². The molecule has 0 spiro atoms. The Morgan fingerprint density at radius 3 is 2.88 bits per heavy atom. The molecule has 4 nitrogen and oxygen atoms in total. The summed E-state index contributed by atoms with van der Waals surface area (Å²) in [5.41, 5.74) is 1.05. The molecule has 1 saturated carbocycles. The lowest BCUT2D eigenvalue weighted by molar-refractivity contribution is 0.586. The zero-order valence-corrected chi connectivity index (χ0v) is 10.8. The van der Waals surface area contributed by atoms with Crippen LogP contribution < -0.4 is 10.0 Å². The number of thiophene rings is 1. The second-order valence-corrected chi connectivity index (χ2v) is 6.84. The fourth-order valence-electron chi connectivity index (χ4n) is 1.40. The number of rotatable bonds is 6.